The number of anilines is 1. The standard InChI is InChI=1S/C12H14N4O2S/c1-6-8(3-5-18-6)15-11(17)10-9(13)7-2-4-14-16-12(7)19-10/h2,4,6,8H,3,5,13H2,1H3,(H,15,17). The largest absolute Gasteiger partial charge is 0.397 e. The SMILES string of the molecule is CC1OCCC1NC(=O)c1sc2nnccc2c1N. The van der Waals surface area contributed by atoms with Crippen molar-refractivity contribution in [3.8, 4) is 0 Å². The van der Waals surface area contributed by atoms with Gasteiger partial charge in [0.2, 0.25) is 0 Å². The van der Waals surface area contributed by atoms with Crippen molar-refractivity contribution in [3.63, 3.8) is 0 Å². The van der Waals surface area contributed by atoms with Crippen LogP contribution in [0, 0.1) is 0 Å². The number of nitrogens with zero attached hydrogens (tertiary/aromatic N) is 2. The Labute approximate surface area is 114 Å². The van der Waals surface area contributed by atoms with Crippen molar-refractivity contribution in [2.45, 2.75) is 25.5 Å². The average molecular weight is 278 g/mol. The number of nitrogen functional groups attached to an aromatic ring is 1. The highest BCUT2D eigenvalue weighted by Crippen LogP contribution is 2.31. The number of ether oxygens (including phenoxy) is 1. The molecule has 2 unspecified atom stereocenters. The zero-order valence-corrected chi connectivity index (χ0v) is 11.2. The maximum Gasteiger partial charge on any atom is 0.263 e. The number of hydrogen-bond donors (Lipinski definition) is 2. The van der Waals surface area contributed by atoms with Crippen LogP contribution in [0.15, 0.2) is 12.3 Å². The van der Waals surface area contributed by atoms with E-state index >= 15 is 0 Å². The van der Waals surface area contributed by atoms with Gasteiger partial charge in [0.05, 0.1) is 24.0 Å². The molecule has 1 aliphatic heterocycles. The Balaban J connectivity index is 1.87. The molecule has 7 heteroatoms. The van der Waals surface area contributed by atoms with Crippen molar-refractivity contribution in [2.24, 2.45) is 0 Å². The lowest BCUT2D eigenvalue weighted by molar-refractivity contribution is 0.0870. The van der Waals surface area contributed by atoms with Crippen molar-refractivity contribution < 1.29 is 9.53 Å². The smallest absolute Gasteiger partial charge is 0.263 e. The minimum absolute atomic E-state index is 0.0411. The molecule has 3 N–H and O–H groups in total. The Morgan fingerprint density at radius 1 is 1.63 bits per heavy atom. The van der Waals surface area contributed by atoms with Gasteiger partial charge in [0.1, 0.15) is 9.71 Å². The summed E-state index contributed by atoms with van der Waals surface area (Å²) in [6, 6.07) is 1.81. The molecule has 2 atom stereocenters. The van der Waals surface area contributed by atoms with Crippen LogP contribution in [0.3, 0.4) is 0 Å². The normalized spacial score (nSPS) is 22.8. The summed E-state index contributed by atoms with van der Waals surface area (Å²) in [6.07, 6.45) is 2.44. The molecule has 1 fully saturated rings. The van der Waals surface area contributed by atoms with Gasteiger partial charge in [0, 0.05) is 12.0 Å². The molecular weight excluding hydrogens is 264 g/mol. The number of rotatable bonds is 2. The van der Waals surface area contributed by atoms with E-state index in [1.807, 2.05) is 6.92 Å². The van der Waals surface area contributed by atoms with E-state index in [2.05, 4.69) is 15.5 Å². The number of carbonyl (C=O) groups excluding carboxylic acids is 1. The minimum atomic E-state index is -0.164. The molecule has 19 heavy (non-hydrogen) atoms. The second-order valence-electron chi connectivity index (χ2n) is 4.54. The Kier molecular flexibility index (Phi) is 3.08. The van der Waals surface area contributed by atoms with Crippen molar-refractivity contribution in [1.82, 2.24) is 15.5 Å². The maximum atomic E-state index is 12.3. The molecule has 0 bridgehead atoms. The predicted octanol–water partition coefficient (Wildman–Crippen LogP) is 1.18. The second kappa shape index (κ2) is 4.75. The van der Waals surface area contributed by atoms with Gasteiger partial charge in [-0.2, -0.15) is 5.10 Å². The van der Waals surface area contributed by atoms with Crippen LogP contribution >= 0.6 is 11.3 Å². The van der Waals surface area contributed by atoms with Gasteiger partial charge in [-0.3, -0.25) is 4.79 Å². The van der Waals surface area contributed by atoms with Gasteiger partial charge in [-0.1, -0.05) is 0 Å². The van der Waals surface area contributed by atoms with Gasteiger partial charge in [-0.15, -0.1) is 16.4 Å². The molecule has 0 radical (unpaired) electrons. The first-order valence-electron chi connectivity index (χ1n) is 6.09. The van der Waals surface area contributed by atoms with Crippen LogP contribution in [0.25, 0.3) is 10.2 Å². The van der Waals surface area contributed by atoms with Gasteiger partial charge in [-0.05, 0) is 19.4 Å². The fraction of sp³-hybridized carbons (Fsp3) is 0.417. The van der Waals surface area contributed by atoms with Crippen molar-refractivity contribution in [3.05, 3.63) is 17.1 Å². The third kappa shape index (κ3) is 2.15. The summed E-state index contributed by atoms with van der Waals surface area (Å²) in [7, 11) is 0. The van der Waals surface area contributed by atoms with E-state index < -0.39 is 0 Å². The first kappa shape index (κ1) is 12.3. The van der Waals surface area contributed by atoms with E-state index in [4.69, 9.17) is 10.5 Å². The molecule has 0 aromatic carbocycles. The van der Waals surface area contributed by atoms with Gasteiger partial charge in [-0.25, -0.2) is 0 Å². The van der Waals surface area contributed by atoms with Crippen LogP contribution in [0.1, 0.15) is 23.0 Å². The summed E-state index contributed by atoms with van der Waals surface area (Å²) in [5.41, 5.74) is 6.47. The molecule has 100 valence electrons. The summed E-state index contributed by atoms with van der Waals surface area (Å²) in [5, 5.41) is 11.5. The Bertz CT molecular complexity index is 627. The van der Waals surface area contributed by atoms with E-state index in [1.54, 1.807) is 12.3 Å². The van der Waals surface area contributed by atoms with E-state index in [9.17, 15) is 4.79 Å². The molecule has 6 nitrogen and oxygen atoms in total. The lowest BCUT2D eigenvalue weighted by Gasteiger charge is -2.15. The molecule has 0 spiro atoms. The third-order valence-electron chi connectivity index (χ3n) is 3.32. The van der Waals surface area contributed by atoms with Crippen LogP contribution in [0.2, 0.25) is 0 Å². The number of thiophene rings is 1. The van der Waals surface area contributed by atoms with Crippen molar-refractivity contribution in [1.29, 1.82) is 0 Å². The fourth-order valence-corrected chi connectivity index (χ4v) is 3.14. The Morgan fingerprint density at radius 3 is 3.16 bits per heavy atom. The summed E-state index contributed by atoms with van der Waals surface area (Å²) < 4.78 is 5.43. The third-order valence-corrected chi connectivity index (χ3v) is 4.42. The fourth-order valence-electron chi connectivity index (χ4n) is 2.20. The van der Waals surface area contributed by atoms with Crippen LogP contribution in [0.5, 0.6) is 0 Å². The number of amides is 1. The monoisotopic (exact) mass is 278 g/mol. The van der Waals surface area contributed by atoms with Crippen LogP contribution < -0.4 is 11.1 Å². The second-order valence-corrected chi connectivity index (χ2v) is 5.54. The molecule has 0 aliphatic carbocycles. The van der Waals surface area contributed by atoms with Crippen LogP contribution in [-0.2, 0) is 4.74 Å². The molecule has 0 saturated carbocycles. The zero-order chi connectivity index (χ0) is 13.4. The molecule has 1 amide bonds. The molecular formula is C12H14N4O2S. The number of nitrogens with two attached hydrogens (primary N) is 1. The van der Waals surface area contributed by atoms with Gasteiger partial charge >= 0.3 is 0 Å². The highest BCUT2D eigenvalue weighted by atomic mass is 32.1. The molecule has 2 aromatic heterocycles. The Hall–Kier alpha value is -1.73. The lowest BCUT2D eigenvalue weighted by atomic mass is 10.1. The number of aromatic nitrogens is 2. The van der Waals surface area contributed by atoms with E-state index in [1.165, 1.54) is 11.3 Å². The molecule has 1 saturated heterocycles. The van der Waals surface area contributed by atoms with Crippen molar-refractivity contribution >= 4 is 33.1 Å². The van der Waals surface area contributed by atoms with E-state index in [-0.39, 0.29) is 18.1 Å². The Morgan fingerprint density at radius 2 is 2.47 bits per heavy atom. The number of carbonyl (C=O) groups is 1. The number of nitrogens with one attached hydrogen (secondary N) is 1. The molecule has 3 rings (SSSR count). The number of fused-ring (bicyclic) bond motifs is 1. The highest BCUT2D eigenvalue weighted by Gasteiger charge is 2.27. The first-order chi connectivity index (χ1) is 9.16. The maximum absolute atomic E-state index is 12.3. The summed E-state index contributed by atoms with van der Waals surface area (Å²) in [5.74, 6) is -0.164. The van der Waals surface area contributed by atoms with Gasteiger partial charge in [0.15, 0.2) is 0 Å². The molecule has 2 aromatic rings. The lowest BCUT2D eigenvalue weighted by Crippen LogP contribution is -2.39. The van der Waals surface area contributed by atoms with Gasteiger partial charge < -0.3 is 15.8 Å². The first-order valence-corrected chi connectivity index (χ1v) is 6.90. The van der Waals surface area contributed by atoms with Crippen LogP contribution in [-0.4, -0.2) is 34.9 Å². The summed E-state index contributed by atoms with van der Waals surface area (Å²) in [4.78, 5) is 13.4. The topological polar surface area (TPSA) is 90.1 Å². The van der Waals surface area contributed by atoms with E-state index in [0.717, 1.165) is 11.8 Å². The molecule has 3 heterocycles. The van der Waals surface area contributed by atoms with Gasteiger partial charge in [0.25, 0.3) is 5.91 Å². The quantitative estimate of drug-likeness (QED) is 0.861. The average Bonchev–Trinajstić information content (AvgIpc) is 2.95. The van der Waals surface area contributed by atoms with Crippen LogP contribution in [0.4, 0.5) is 5.69 Å². The summed E-state index contributed by atoms with van der Waals surface area (Å²) >= 11 is 1.27. The van der Waals surface area contributed by atoms with Crippen molar-refractivity contribution in [2.75, 3.05) is 12.3 Å². The summed E-state index contributed by atoms with van der Waals surface area (Å²) in [6.45, 7) is 2.64. The highest BCUT2D eigenvalue weighted by molar-refractivity contribution is 7.21. The van der Waals surface area contributed by atoms with E-state index in [0.29, 0.717) is 22.0 Å². The number of hydrogen-bond acceptors (Lipinski definition) is 6. The molecule has 1 aliphatic rings. The zero-order valence-electron chi connectivity index (χ0n) is 10.4. The minimum Gasteiger partial charge on any atom is -0.397 e. The predicted molar refractivity (Wildman–Crippen MR) is 73.1 cm³/mol.